The molecule has 0 unspecified atom stereocenters. The van der Waals surface area contributed by atoms with Crippen LogP contribution in [0.25, 0.3) is 11.6 Å². The van der Waals surface area contributed by atoms with Crippen LogP contribution in [0.5, 0.6) is 11.5 Å². The molecule has 3 rings (SSSR count). The van der Waals surface area contributed by atoms with Gasteiger partial charge < -0.3 is 14.8 Å². The summed E-state index contributed by atoms with van der Waals surface area (Å²) in [6, 6.07) is 24.4. The van der Waals surface area contributed by atoms with Gasteiger partial charge in [0.25, 0.3) is 5.91 Å². The van der Waals surface area contributed by atoms with E-state index in [1.807, 2.05) is 78.9 Å². The third-order valence-corrected chi connectivity index (χ3v) is 4.08. The van der Waals surface area contributed by atoms with E-state index in [2.05, 4.69) is 5.32 Å². The lowest BCUT2D eigenvalue weighted by Crippen LogP contribution is -2.13. The molecule has 0 saturated carbocycles. The molecule has 27 heavy (non-hydrogen) atoms. The Hall–Kier alpha value is -3.53. The third-order valence-electron chi connectivity index (χ3n) is 4.08. The van der Waals surface area contributed by atoms with Gasteiger partial charge in [-0.15, -0.1) is 0 Å². The average Bonchev–Trinajstić information content (AvgIpc) is 2.73. The summed E-state index contributed by atoms with van der Waals surface area (Å²) in [6.07, 6.45) is 1.87. The van der Waals surface area contributed by atoms with Crippen LogP contribution in [0.15, 0.2) is 78.9 Å². The Morgan fingerprint density at radius 3 is 2.19 bits per heavy atom. The molecule has 3 aromatic carbocycles. The van der Waals surface area contributed by atoms with Gasteiger partial charge in [-0.2, -0.15) is 0 Å². The summed E-state index contributed by atoms with van der Waals surface area (Å²) in [5.41, 5.74) is 3.00. The molecule has 0 fully saturated rings. The van der Waals surface area contributed by atoms with Gasteiger partial charge in [0, 0.05) is 17.3 Å². The Labute approximate surface area is 159 Å². The van der Waals surface area contributed by atoms with Gasteiger partial charge >= 0.3 is 0 Å². The zero-order valence-corrected chi connectivity index (χ0v) is 15.3. The summed E-state index contributed by atoms with van der Waals surface area (Å²) in [4.78, 5) is 13.0. The lowest BCUT2D eigenvalue weighted by Gasteiger charge is -2.11. The molecule has 0 atom stereocenters. The molecule has 3 aromatic rings. The number of benzene rings is 3. The molecule has 1 amide bonds. The van der Waals surface area contributed by atoms with Crippen LogP contribution in [0.3, 0.4) is 0 Å². The maximum absolute atomic E-state index is 13.0. The number of ether oxygens (including phenoxy) is 2. The molecule has 0 saturated heterocycles. The van der Waals surface area contributed by atoms with E-state index in [0.717, 1.165) is 16.9 Å². The smallest absolute Gasteiger partial charge is 0.256 e. The molecule has 0 aromatic heterocycles. The second-order valence-corrected chi connectivity index (χ2v) is 5.88. The number of anilines is 1. The molecule has 0 spiro atoms. The van der Waals surface area contributed by atoms with E-state index in [-0.39, 0.29) is 5.91 Å². The van der Waals surface area contributed by atoms with Crippen LogP contribution >= 0.6 is 0 Å². The summed E-state index contributed by atoms with van der Waals surface area (Å²) in [5, 5.41) is 2.95. The van der Waals surface area contributed by atoms with Gasteiger partial charge in [0.05, 0.1) is 14.2 Å². The Bertz CT molecular complexity index is 931. The van der Waals surface area contributed by atoms with Crippen LogP contribution in [-0.2, 0) is 4.79 Å². The summed E-state index contributed by atoms with van der Waals surface area (Å²) in [5.74, 6) is 1.27. The van der Waals surface area contributed by atoms with Crippen molar-refractivity contribution in [1.29, 1.82) is 0 Å². The van der Waals surface area contributed by atoms with E-state index < -0.39 is 0 Å². The predicted molar refractivity (Wildman–Crippen MR) is 109 cm³/mol. The first-order chi connectivity index (χ1) is 13.2. The van der Waals surface area contributed by atoms with Crippen LogP contribution in [0.2, 0.25) is 0 Å². The van der Waals surface area contributed by atoms with Crippen molar-refractivity contribution in [2.75, 3.05) is 19.5 Å². The molecule has 0 bridgehead atoms. The minimum absolute atomic E-state index is 0.190. The normalized spacial score (nSPS) is 11.0. The number of hydrogen-bond donors (Lipinski definition) is 1. The molecule has 0 aliphatic heterocycles. The average molecular weight is 359 g/mol. The fourth-order valence-corrected chi connectivity index (χ4v) is 2.66. The first kappa shape index (κ1) is 18.3. The molecule has 4 heteroatoms. The maximum atomic E-state index is 13.0. The number of rotatable bonds is 6. The van der Waals surface area contributed by atoms with Crippen molar-refractivity contribution >= 4 is 23.2 Å². The monoisotopic (exact) mass is 359 g/mol. The summed E-state index contributed by atoms with van der Waals surface area (Å²) in [7, 11) is 3.22. The molecule has 0 aliphatic rings. The highest BCUT2D eigenvalue weighted by molar-refractivity contribution is 6.29. The number of carbonyl (C=O) groups is 1. The van der Waals surface area contributed by atoms with Crippen molar-refractivity contribution in [1.82, 2.24) is 0 Å². The first-order valence-electron chi connectivity index (χ1n) is 8.56. The molecular formula is C23H21NO3. The van der Waals surface area contributed by atoms with E-state index in [4.69, 9.17) is 9.47 Å². The third kappa shape index (κ3) is 4.76. The second kappa shape index (κ2) is 8.72. The van der Waals surface area contributed by atoms with Gasteiger partial charge in [-0.3, -0.25) is 4.79 Å². The number of methoxy groups -OCH3 is 2. The fraction of sp³-hybridized carbons (Fsp3) is 0.0870. The van der Waals surface area contributed by atoms with Crippen LogP contribution in [-0.4, -0.2) is 20.1 Å². The molecule has 1 N–H and O–H groups in total. The van der Waals surface area contributed by atoms with E-state index in [1.54, 1.807) is 20.3 Å². The Morgan fingerprint density at radius 2 is 1.52 bits per heavy atom. The minimum atomic E-state index is -0.190. The Kier molecular flexibility index (Phi) is 5.90. The Balaban J connectivity index is 1.93. The number of carbonyl (C=O) groups excluding carboxylic acids is 1. The van der Waals surface area contributed by atoms with E-state index in [0.29, 0.717) is 17.0 Å². The molecule has 0 aliphatic carbocycles. The SMILES string of the molecule is COc1ccc(/C=C(\C(=O)Nc2cccc(OC)c2)c2ccccc2)cc1. The van der Waals surface area contributed by atoms with Gasteiger partial charge in [0.2, 0.25) is 0 Å². The van der Waals surface area contributed by atoms with Crippen LogP contribution in [0.1, 0.15) is 11.1 Å². The van der Waals surface area contributed by atoms with Crippen molar-refractivity contribution in [2.45, 2.75) is 0 Å². The largest absolute Gasteiger partial charge is 0.497 e. The van der Waals surface area contributed by atoms with E-state index in [9.17, 15) is 4.79 Å². The van der Waals surface area contributed by atoms with Crippen LogP contribution in [0, 0.1) is 0 Å². The van der Waals surface area contributed by atoms with Crippen molar-refractivity contribution in [3.63, 3.8) is 0 Å². The summed E-state index contributed by atoms with van der Waals surface area (Å²) < 4.78 is 10.4. The highest BCUT2D eigenvalue weighted by atomic mass is 16.5. The molecule has 136 valence electrons. The molecular weight excluding hydrogens is 338 g/mol. The van der Waals surface area contributed by atoms with Gasteiger partial charge in [0.15, 0.2) is 0 Å². The Morgan fingerprint density at radius 1 is 0.815 bits per heavy atom. The van der Waals surface area contributed by atoms with Gasteiger partial charge in [0.1, 0.15) is 11.5 Å². The van der Waals surface area contributed by atoms with Gasteiger partial charge in [-0.05, 0) is 41.5 Å². The topological polar surface area (TPSA) is 47.6 Å². The zero-order chi connectivity index (χ0) is 19.1. The van der Waals surface area contributed by atoms with Gasteiger partial charge in [-0.25, -0.2) is 0 Å². The number of nitrogens with one attached hydrogen (secondary N) is 1. The summed E-state index contributed by atoms with van der Waals surface area (Å²) in [6.45, 7) is 0. The van der Waals surface area contributed by atoms with Crippen molar-refractivity contribution < 1.29 is 14.3 Å². The van der Waals surface area contributed by atoms with Crippen LogP contribution < -0.4 is 14.8 Å². The number of hydrogen-bond acceptors (Lipinski definition) is 3. The molecule has 0 radical (unpaired) electrons. The highest BCUT2D eigenvalue weighted by Crippen LogP contribution is 2.23. The van der Waals surface area contributed by atoms with Crippen molar-refractivity contribution in [2.24, 2.45) is 0 Å². The van der Waals surface area contributed by atoms with Gasteiger partial charge in [-0.1, -0.05) is 48.5 Å². The lowest BCUT2D eigenvalue weighted by molar-refractivity contribution is -0.111. The van der Waals surface area contributed by atoms with Crippen molar-refractivity contribution in [3.05, 3.63) is 90.0 Å². The van der Waals surface area contributed by atoms with Crippen molar-refractivity contribution in [3.8, 4) is 11.5 Å². The van der Waals surface area contributed by atoms with Crippen LogP contribution in [0.4, 0.5) is 5.69 Å². The predicted octanol–water partition coefficient (Wildman–Crippen LogP) is 4.88. The lowest BCUT2D eigenvalue weighted by atomic mass is 10.0. The second-order valence-electron chi connectivity index (χ2n) is 5.88. The number of amides is 1. The molecule has 0 heterocycles. The van der Waals surface area contributed by atoms with E-state index in [1.165, 1.54) is 0 Å². The summed E-state index contributed by atoms with van der Waals surface area (Å²) >= 11 is 0. The first-order valence-corrected chi connectivity index (χ1v) is 8.56. The zero-order valence-electron chi connectivity index (χ0n) is 15.3. The highest BCUT2D eigenvalue weighted by Gasteiger charge is 2.13. The minimum Gasteiger partial charge on any atom is -0.497 e. The fourth-order valence-electron chi connectivity index (χ4n) is 2.66. The quantitative estimate of drug-likeness (QED) is 0.504. The standard InChI is InChI=1S/C23H21NO3/c1-26-20-13-11-17(12-14-20)15-22(18-7-4-3-5-8-18)23(25)24-19-9-6-10-21(16-19)27-2/h3-16H,1-2H3,(H,24,25)/b22-15-. The maximum Gasteiger partial charge on any atom is 0.256 e. The molecule has 4 nitrogen and oxygen atoms in total. The van der Waals surface area contributed by atoms with E-state index >= 15 is 0 Å².